The first-order valence-corrected chi connectivity index (χ1v) is 8.55. The lowest BCUT2D eigenvalue weighted by molar-refractivity contribution is -0.121. The number of piperidine rings is 1. The lowest BCUT2D eigenvalue weighted by Gasteiger charge is -2.36. The van der Waals surface area contributed by atoms with E-state index in [1.54, 1.807) is 7.11 Å². The highest BCUT2D eigenvalue weighted by molar-refractivity contribution is 6.32. The quantitative estimate of drug-likeness (QED) is 0.768. The summed E-state index contributed by atoms with van der Waals surface area (Å²) in [7, 11) is 1.62. The van der Waals surface area contributed by atoms with E-state index >= 15 is 0 Å². The zero-order valence-electron chi connectivity index (χ0n) is 14.1. The maximum atomic E-state index is 11.6. The third kappa shape index (κ3) is 6.13. The molecule has 1 aromatic carbocycles. The number of hydrogen-bond acceptors (Lipinski definition) is 4. The van der Waals surface area contributed by atoms with E-state index in [9.17, 15) is 4.79 Å². The van der Waals surface area contributed by atoms with Gasteiger partial charge in [0.25, 0.3) is 0 Å². The minimum absolute atomic E-state index is 0. The van der Waals surface area contributed by atoms with Gasteiger partial charge in [-0.15, -0.1) is 12.4 Å². The van der Waals surface area contributed by atoms with Crippen molar-refractivity contribution in [3.8, 4) is 5.75 Å². The Morgan fingerprint density at radius 3 is 2.92 bits per heavy atom. The molecule has 1 heterocycles. The molecule has 0 spiro atoms. The van der Waals surface area contributed by atoms with Crippen LogP contribution in [0, 0.1) is 0 Å². The monoisotopic (exact) mass is 375 g/mol. The van der Waals surface area contributed by atoms with Crippen molar-refractivity contribution in [2.24, 2.45) is 5.73 Å². The van der Waals surface area contributed by atoms with E-state index in [0.29, 0.717) is 36.3 Å². The number of nitrogens with one attached hydrogen (secondary N) is 1. The van der Waals surface area contributed by atoms with Crippen LogP contribution in [0.25, 0.3) is 0 Å². The summed E-state index contributed by atoms with van der Waals surface area (Å²) in [5.41, 5.74) is 6.57. The Bertz CT molecular complexity index is 529. The first kappa shape index (κ1) is 21.0. The van der Waals surface area contributed by atoms with Crippen molar-refractivity contribution in [3.05, 3.63) is 28.8 Å². The van der Waals surface area contributed by atoms with E-state index < -0.39 is 0 Å². The Labute approximate surface area is 155 Å². The standard InChI is InChI=1S/C17H26ClN3O2.ClH/c1-23-16-6-5-13(10-15(16)18)12-21-9-3-2-4-14(21)11-20-17(22)7-8-19;/h5-6,10,14H,2-4,7-9,11-12,19H2,1H3,(H,20,22);1H. The number of carbonyl (C=O) groups is 1. The number of halogens is 2. The summed E-state index contributed by atoms with van der Waals surface area (Å²) in [5.74, 6) is 0.727. The summed E-state index contributed by atoms with van der Waals surface area (Å²) in [6.07, 6.45) is 3.89. The number of benzene rings is 1. The summed E-state index contributed by atoms with van der Waals surface area (Å²) >= 11 is 6.21. The van der Waals surface area contributed by atoms with Crippen molar-refractivity contribution in [3.63, 3.8) is 0 Å². The van der Waals surface area contributed by atoms with Crippen LogP contribution in [0.5, 0.6) is 5.75 Å². The molecule has 1 unspecified atom stereocenters. The summed E-state index contributed by atoms with van der Waals surface area (Å²) < 4.78 is 5.20. The normalized spacial score (nSPS) is 17.9. The van der Waals surface area contributed by atoms with Crippen LogP contribution in [-0.2, 0) is 11.3 Å². The first-order valence-electron chi connectivity index (χ1n) is 8.17. The number of methoxy groups -OCH3 is 1. The fraction of sp³-hybridized carbons (Fsp3) is 0.588. The molecule has 0 radical (unpaired) electrons. The van der Waals surface area contributed by atoms with Crippen LogP contribution in [0.1, 0.15) is 31.2 Å². The largest absolute Gasteiger partial charge is 0.495 e. The van der Waals surface area contributed by atoms with Gasteiger partial charge < -0.3 is 15.8 Å². The number of nitrogens with zero attached hydrogens (tertiary/aromatic N) is 1. The van der Waals surface area contributed by atoms with Crippen molar-refractivity contribution >= 4 is 29.9 Å². The van der Waals surface area contributed by atoms with E-state index in [-0.39, 0.29) is 18.3 Å². The Kier molecular flexibility index (Phi) is 9.44. The van der Waals surface area contributed by atoms with Crippen LogP contribution >= 0.6 is 24.0 Å². The highest BCUT2D eigenvalue weighted by atomic mass is 35.5. The van der Waals surface area contributed by atoms with Crippen molar-refractivity contribution in [1.82, 2.24) is 10.2 Å². The SMILES string of the molecule is COc1ccc(CN2CCCCC2CNC(=O)CCN)cc1Cl.Cl. The van der Waals surface area contributed by atoms with Gasteiger partial charge in [-0.25, -0.2) is 0 Å². The first-order chi connectivity index (χ1) is 11.1. The van der Waals surface area contributed by atoms with Crippen LogP contribution < -0.4 is 15.8 Å². The molecule has 7 heteroatoms. The van der Waals surface area contributed by atoms with Crippen LogP contribution in [0.3, 0.4) is 0 Å². The summed E-state index contributed by atoms with van der Waals surface area (Å²) in [4.78, 5) is 14.0. The molecular formula is C17H27Cl2N3O2. The number of ether oxygens (including phenoxy) is 1. The maximum absolute atomic E-state index is 11.6. The molecule has 1 aliphatic rings. The van der Waals surface area contributed by atoms with Crippen LogP contribution in [0.15, 0.2) is 18.2 Å². The number of hydrogen-bond donors (Lipinski definition) is 2. The predicted molar refractivity (Wildman–Crippen MR) is 100.0 cm³/mol. The third-order valence-electron chi connectivity index (χ3n) is 4.26. The topological polar surface area (TPSA) is 67.6 Å². The molecule has 24 heavy (non-hydrogen) atoms. The van der Waals surface area contributed by atoms with Gasteiger partial charge in [0.1, 0.15) is 5.75 Å². The molecule has 0 aliphatic carbocycles. The van der Waals surface area contributed by atoms with Gasteiger partial charge in [0, 0.05) is 32.1 Å². The second kappa shape index (κ2) is 10.8. The molecule has 2 rings (SSSR count). The van der Waals surface area contributed by atoms with Crippen LogP contribution in [-0.4, -0.2) is 43.6 Å². The molecule has 3 N–H and O–H groups in total. The van der Waals surface area contributed by atoms with Crippen LogP contribution in [0.4, 0.5) is 0 Å². The minimum Gasteiger partial charge on any atom is -0.495 e. The van der Waals surface area contributed by atoms with E-state index in [1.807, 2.05) is 18.2 Å². The van der Waals surface area contributed by atoms with Gasteiger partial charge in [-0.3, -0.25) is 9.69 Å². The Hall–Kier alpha value is -1.01. The summed E-state index contributed by atoms with van der Waals surface area (Å²) in [6, 6.07) is 6.27. The summed E-state index contributed by atoms with van der Waals surface area (Å²) in [5, 5.41) is 3.63. The second-order valence-electron chi connectivity index (χ2n) is 5.93. The summed E-state index contributed by atoms with van der Waals surface area (Å²) in [6.45, 7) is 2.95. The van der Waals surface area contributed by atoms with Gasteiger partial charge in [0.2, 0.25) is 5.91 Å². The predicted octanol–water partition coefficient (Wildman–Crippen LogP) is 2.59. The highest BCUT2D eigenvalue weighted by Crippen LogP contribution is 2.27. The van der Waals surface area contributed by atoms with Gasteiger partial charge in [0.05, 0.1) is 12.1 Å². The molecule has 1 fully saturated rings. The molecule has 1 aliphatic heterocycles. The lowest BCUT2D eigenvalue weighted by atomic mass is 10.0. The van der Waals surface area contributed by atoms with E-state index in [2.05, 4.69) is 10.2 Å². The van der Waals surface area contributed by atoms with E-state index in [0.717, 1.165) is 25.1 Å². The molecule has 1 aromatic rings. The number of amides is 1. The zero-order valence-corrected chi connectivity index (χ0v) is 15.7. The van der Waals surface area contributed by atoms with E-state index in [4.69, 9.17) is 22.1 Å². The third-order valence-corrected chi connectivity index (χ3v) is 4.55. The van der Waals surface area contributed by atoms with Crippen molar-refractivity contribution in [2.45, 2.75) is 38.3 Å². The van der Waals surface area contributed by atoms with Gasteiger partial charge in [-0.05, 0) is 37.1 Å². The molecule has 1 amide bonds. The Morgan fingerprint density at radius 2 is 2.25 bits per heavy atom. The molecule has 0 bridgehead atoms. The maximum Gasteiger partial charge on any atom is 0.221 e. The fourth-order valence-corrected chi connectivity index (χ4v) is 3.27. The van der Waals surface area contributed by atoms with Gasteiger partial charge >= 0.3 is 0 Å². The Morgan fingerprint density at radius 1 is 1.46 bits per heavy atom. The second-order valence-corrected chi connectivity index (χ2v) is 6.34. The van der Waals surface area contributed by atoms with Gasteiger partial charge in [0.15, 0.2) is 0 Å². The number of rotatable bonds is 7. The molecule has 136 valence electrons. The van der Waals surface area contributed by atoms with Crippen LogP contribution in [0.2, 0.25) is 5.02 Å². The minimum atomic E-state index is 0. The Balaban J connectivity index is 0.00000288. The van der Waals surface area contributed by atoms with Crippen molar-refractivity contribution < 1.29 is 9.53 Å². The molecule has 1 atom stereocenters. The molecule has 0 saturated carbocycles. The van der Waals surface area contributed by atoms with Gasteiger partial charge in [-0.1, -0.05) is 24.1 Å². The average molecular weight is 376 g/mol. The van der Waals surface area contributed by atoms with E-state index in [1.165, 1.54) is 12.8 Å². The molecule has 5 nitrogen and oxygen atoms in total. The zero-order chi connectivity index (χ0) is 16.7. The molecule has 1 saturated heterocycles. The van der Waals surface area contributed by atoms with Crippen molar-refractivity contribution in [1.29, 1.82) is 0 Å². The fourth-order valence-electron chi connectivity index (χ4n) is 2.99. The van der Waals surface area contributed by atoms with Crippen molar-refractivity contribution in [2.75, 3.05) is 26.7 Å². The molecular weight excluding hydrogens is 349 g/mol. The number of likely N-dealkylation sites (tertiary alicyclic amines) is 1. The number of nitrogens with two attached hydrogens (primary N) is 1. The van der Waals surface area contributed by atoms with Gasteiger partial charge in [-0.2, -0.15) is 0 Å². The highest BCUT2D eigenvalue weighted by Gasteiger charge is 2.23. The molecule has 0 aromatic heterocycles. The smallest absolute Gasteiger partial charge is 0.221 e. The average Bonchev–Trinajstić information content (AvgIpc) is 2.54. The number of carbonyl (C=O) groups excluding carboxylic acids is 1. The lowest BCUT2D eigenvalue weighted by Crippen LogP contribution is -2.46.